The van der Waals surface area contributed by atoms with Gasteiger partial charge in [-0.15, -0.1) is 0 Å². The molecule has 0 saturated heterocycles. The number of hydrogen-bond donors (Lipinski definition) is 3. The summed E-state index contributed by atoms with van der Waals surface area (Å²) in [5.41, 5.74) is 1.24. The van der Waals surface area contributed by atoms with Crippen LogP contribution in [0.2, 0.25) is 0 Å². The molecule has 0 amide bonds. The Balaban J connectivity index is 2.03. The molecule has 2 rings (SSSR count). The molecular weight excluding hydrogens is 370 g/mol. The lowest BCUT2D eigenvalue weighted by Crippen LogP contribution is -2.44. The Morgan fingerprint density at radius 2 is 2.12 bits per heavy atom. The summed E-state index contributed by atoms with van der Waals surface area (Å²) in [6.07, 6.45) is 1.55. The molecular formula is C18H24BrN3O2. The predicted octanol–water partition coefficient (Wildman–Crippen LogP) is 3.31. The van der Waals surface area contributed by atoms with E-state index in [0.29, 0.717) is 24.8 Å². The molecule has 1 aromatic heterocycles. The van der Waals surface area contributed by atoms with Crippen molar-refractivity contribution in [3.05, 3.63) is 58.0 Å². The molecule has 0 radical (unpaired) electrons. The smallest absolute Gasteiger partial charge is 0.191 e. The predicted molar refractivity (Wildman–Crippen MR) is 100.0 cm³/mol. The van der Waals surface area contributed by atoms with Gasteiger partial charge in [-0.2, -0.15) is 0 Å². The van der Waals surface area contributed by atoms with Gasteiger partial charge in [-0.05, 0) is 56.2 Å². The summed E-state index contributed by atoms with van der Waals surface area (Å²) in [5, 5.41) is 16.9. The lowest BCUT2D eigenvalue weighted by Gasteiger charge is -2.22. The summed E-state index contributed by atoms with van der Waals surface area (Å²) in [6, 6.07) is 9.68. The largest absolute Gasteiger partial charge is 0.466 e. The zero-order valence-corrected chi connectivity index (χ0v) is 15.9. The van der Waals surface area contributed by atoms with Gasteiger partial charge in [-0.3, -0.25) is 0 Å². The highest BCUT2D eigenvalue weighted by Gasteiger charge is 2.26. The number of aryl methyl sites for hydroxylation is 1. The summed E-state index contributed by atoms with van der Waals surface area (Å²) in [4.78, 5) is 4.60. The fraction of sp³-hybridized carbons (Fsp3) is 0.389. The van der Waals surface area contributed by atoms with Gasteiger partial charge in [0.15, 0.2) is 5.96 Å². The topological polar surface area (TPSA) is 69.8 Å². The second kappa shape index (κ2) is 8.35. The van der Waals surface area contributed by atoms with Crippen LogP contribution in [0.5, 0.6) is 0 Å². The number of guanidine groups is 1. The van der Waals surface area contributed by atoms with Crippen molar-refractivity contribution in [3.63, 3.8) is 0 Å². The number of furan rings is 1. The van der Waals surface area contributed by atoms with Crippen LogP contribution in [0, 0.1) is 6.92 Å². The van der Waals surface area contributed by atoms with Crippen LogP contribution >= 0.6 is 15.9 Å². The van der Waals surface area contributed by atoms with E-state index in [9.17, 15) is 5.11 Å². The summed E-state index contributed by atoms with van der Waals surface area (Å²) < 4.78 is 6.35. The third-order valence-corrected chi connectivity index (χ3v) is 4.20. The Labute approximate surface area is 151 Å². The number of nitrogens with zero attached hydrogens (tertiary/aromatic N) is 1. The first kappa shape index (κ1) is 18.5. The minimum absolute atomic E-state index is 0.297. The van der Waals surface area contributed by atoms with E-state index in [0.717, 1.165) is 16.6 Å². The monoisotopic (exact) mass is 393 g/mol. The minimum Gasteiger partial charge on any atom is -0.466 e. The fourth-order valence-corrected chi connectivity index (χ4v) is 2.75. The molecule has 1 atom stereocenters. The van der Waals surface area contributed by atoms with Gasteiger partial charge in [0.1, 0.15) is 11.4 Å². The van der Waals surface area contributed by atoms with Gasteiger partial charge in [0.2, 0.25) is 0 Å². The first-order valence-electron chi connectivity index (χ1n) is 7.96. The Morgan fingerprint density at radius 1 is 1.33 bits per heavy atom. The molecule has 3 N–H and O–H groups in total. The van der Waals surface area contributed by atoms with Crippen LogP contribution < -0.4 is 10.6 Å². The second-order valence-corrected chi connectivity index (χ2v) is 6.79. The molecule has 24 heavy (non-hydrogen) atoms. The van der Waals surface area contributed by atoms with Crippen molar-refractivity contribution in [2.75, 3.05) is 13.1 Å². The zero-order chi connectivity index (χ0) is 17.6. The third-order valence-electron chi connectivity index (χ3n) is 3.71. The molecule has 1 unspecified atom stereocenters. The molecule has 0 bridgehead atoms. The highest BCUT2D eigenvalue weighted by molar-refractivity contribution is 9.10. The second-order valence-electron chi connectivity index (χ2n) is 5.87. The maximum atomic E-state index is 10.5. The lowest BCUT2D eigenvalue weighted by molar-refractivity contribution is 0.0386. The molecule has 0 saturated carbocycles. The van der Waals surface area contributed by atoms with E-state index in [1.165, 1.54) is 5.56 Å². The molecule has 6 heteroatoms. The van der Waals surface area contributed by atoms with E-state index in [-0.39, 0.29) is 0 Å². The van der Waals surface area contributed by atoms with E-state index in [1.54, 1.807) is 25.3 Å². The van der Waals surface area contributed by atoms with Gasteiger partial charge in [0.25, 0.3) is 0 Å². The van der Waals surface area contributed by atoms with Crippen molar-refractivity contribution >= 4 is 21.9 Å². The van der Waals surface area contributed by atoms with Gasteiger partial charge in [0, 0.05) is 11.0 Å². The molecule has 1 aromatic carbocycles. The van der Waals surface area contributed by atoms with Crippen LogP contribution in [0.3, 0.4) is 0 Å². The standard InChI is InChI=1S/C18H24BrN3O2/c1-4-20-17(21-11-14-7-8-15(19)10-13(14)2)22-12-18(3,23)16-6-5-9-24-16/h5-10,23H,4,11-12H2,1-3H3,(H2,20,21,22). The van der Waals surface area contributed by atoms with Crippen LogP contribution in [0.1, 0.15) is 30.7 Å². The minimum atomic E-state index is -1.10. The van der Waals surface area contributed by atoms with Gasteiger partial charge < -0.3 is 20.2 Å². The van der Waals surface area contributed by atoms with Crippen molar-refractivity contribution in [3.8, 4) is 0 Å². The summed E-state index contributed by atoms with van der Waals surface area (Å²) in [5.74, 6) is 1.18. The van der Waals surface area contributed by atoms with Crippen molar-refractivity contribution in [1.82, 2.24) is 10.6 Å². The lowest BCUT2D eigenvalue weighted by atomic mass is 10.0. The van der Waals surface area contributed by atoms with Crippen molar-refractivity contribution in [2.45, 2.75) is 32.9 Å². The number of hydrogen-bond acceptors (Lipinski definition) is 3. The average Bonchev–Trinajstić information content (AvgIpc) is 3.07. The zero-order valence-electron chi connectivity index (χ0n) is 14.3. The van der Waals surface area contributed by atoms with E-state index < -0.39 is 5.60 Å². The first-order chi connectivity index (χ1) is 11.4. The molecule has 0 aliphatic heterocycles. The molecule has 0 aliphatic rings. The molecule has 5 nitrogen and oxygen atoms in total. The molecule has 130 valence electrons. The normalized spacial score (nSPS) is 14.3. The van der Waals surface area contributed by atoms with E-state index in [2.05, 4.69) is 50.6 Å². The highest BCUT2D eigenvalue weighted by Crippen LogP contribution is 2.20. The quantitative estimate of drug-likeness (QED) is 0.520. The first-order valence-corrected chi connectivity index (χ1v) is 8.75. The molecule has 0 aliphatic carbocycles. The van der Waals surface area contributed by atoms with Gasteiger partial charge >= 0.3 is 0 Å². The molecule has 1 heterocycles. The van der Waals surface area contributed by atoms with Crippen LogP contribution in [-0.4, -0.2) is 24.2 Å². The van der Waals surface area contributed by atoms with E-state index >= 15 is 0 Å². The van der Waals surface area contributed by atoms with Crippen molar-refractivity contribution in [1.29, 1.82) is 0 Å². The maximum Gasteiger partial charge on any atom is 0.191 e. The fourth-order valence-electron chi connectivity index (χ4n) is 2.27. The number of halogens is 1. The van der Waals surface area contributed by atoms with Crippen LogP contribution in [-0.2, 0) is 12.1 Å². The molecule has 2 aromatic rings. The Kier molecular flexibility index (Phi) is 6.45. The highest BCUT2D eigenvalue weighted by atomic mass is 79.9. The number of benzene rings is 1. The van der Waals surface area contributed by atoms with Crippen LogP contribution in [0.15, 0.2) is 50.5 Å². The van der Waals surface area contributed by atoms with E-state index in [4.69, 9.17) is 4.42 Å². The SMILES string of the molecule is CCNC(=NCc1ccc(Br)cc1C)NCC(C)(O)c1ccco1. The summed E-state index contributed by atoms with van der Waals surface area (Å²) in [7, 11) is 0. The molecule has 0 fully saturated rings. The van der Waals surface area contributed by atoms with Gasteiger partial charge in [-0.1, -0.05) is 22.0 Å². The summed E-state index contributed by atoms with van der Waals surface area (Å²) in [6.45, 7) is 7.39. The Bertz CT molecular complexity index is 682. The van der Waals surface area contributed by atoms with Crippen LogP contribution in [0.4, 0.5) is 0 Å². The van der Waals surface area contributed by atoms with Gasteiger partial charge in [-0.25, -0.2) is 4.99 Å². The number of rotatable bonds is 6. The molecule has 0 spiro atoms. The summed E-state index contributed by atoms with van der Waals surface area (Å²) >= 11 is 3.47. The van der Waals surface area contributed by atoms with Gasteiger partial charge in [0.05, 0.1) is 19.4 Å². The van der Waals surface area contributed by atoms with Crippen LogP contribution in [0.25, 0.3) is 0 Å². The third kappa shape index (κ3) is 5.11. The Morgan fingerprint density at radius 3 is 2.75 bits per heavy atom. The van der Waals surface area contributed by atoms with E-state index in [1.807, 2.05) is 13.0 Å². The van der Waals surface area contributed by atoms with Crippen molar-refractivity contribution < 1.29 is 9.52 Å². The number of nitrogens with one attached hydrogen (secondary N) is 2. The number of aliphatic imine (C=N–C) groups is 1. The van der Waals surface area contributed by atoms with Crippen molar-refractivity contribution in [2.24, 2.45) is 4.99 Å². The number of aliphatic hydroxyl groups is 1. The maximum absolute atomic E-state index is 10.5. The average molecular weight is 394 g/mol. The Hall–Kier alpha value is -1.79.